The largest absolute Gasteiger partial charge is 0.0957 e. The Kier molecular flexibility index (Phi) is 10.2. The molecule has 3 atom stereocenters. The molecular weight excluding hydrogens is 367 g/mol. The number of hydrogen-bond acceptors (Lipinski definition) is 0. The molecule has 0 nitrogen and oxygen atoms in total. The summed E-state index contributed by atoms with van der Waals surface area (Å²) in [7, 11) is 0.849. The van der Waals surface area contributed by atoms with Gasteiger partial charge >= 0.3 is 0 Å². The monoisotopic (exact) mass is 404 g/mol. The molecule has 1 aliphatic rings. The van der Waals surface area contributed by atoms with Gasteiger partial charge in [0, 0.05) is 0 Å². The van der Waals surface area contributed by atoms with Crippen LogP contribution < -0.4 is 0 Å². The molecule has 0 saturated carbocycles. The summed E-state index contributed by atoms with van der Waals surface area (Å²) in [6, 6.07) is 8.69. The van der Waals surface area contributed by atoms with E-state index in [2.05, 4.69) is 113 Å². The smallest absolute Gasteiger partial charge is 0.0115 e. The van der Waals surface area contributed by atoms with E-state index in [4.69, 9.17) is 0 Å². The van der Waals surface area contributed by atoms with Gasteiger partial charge in [-0.2, -0.15) is 0 Å². The minimum Gasteiger partial charge on any atom is -0.0957 e. The van der Waals surface area contributed by atoms with Crippen LogP contribution in [0.15, 0.2) is 84.8 Å². The predicted molar refractivity (Wildman–Crippen MR) is 136 cm³/mol. The third-order valence-corrected chi connectivity index (χ3v) is 6.42. The summed E-state index contributed by atoms with van der Waals surface area (Å²) in [6.45, 7) is 13.4. The first kappa shape index (κ1) is 23.4. The molecule has 0 spiro atoms. The van der Waals surface area contributed by atoms with Crippen molar-refractivity contribution in [3.05, 3.63) is 95.9 Å². The summed E-state index contributed by atoms with van der Waals surface area (Å²) < 4.78 is 0. The standard InChI is InChI=1S/C28H37P/c1-6-8-16-26(21-24-14-10-9-11-15-24)27(7-2)23(5)28-18-13-12-17-25(28)19-20-29-22(3)4/h6-14,17-20,22,24,26,29H,5,15-16,21H2,1-4H3/b8-6?,20-19-,27-7-. The van der Waals surface area contributed by atoms with E-state index in [0.29, 0.717) is 17.5 Å². The summed E-state index contributed by atoms with van der Waals surface area (Å²) >= 11 is 0. The van der Waals surface area contributed by atoms with Crippen molar-refractivity contribution in [3.63, 3.8) is 0 Å². The first-order valence-electron chi connectivity index (χ1n) is 10.9. The molecule has 0 bridgehead atoms. The zero-order valence-electron chi connectivity index (χ0n) is 18.6. The van der Waals surface area contributed by atoms with E-state index >= 15 is 0 Å². The van der Waals surface area contributed by atoms with Crippen molar-refractivity contribution in [2.45, 2.75) is 52.6 Å². The molecule has 0 radical (unpaired) electrons. The zero-order valence-corrected chi connectivity index (χ0v) is 19.6. The van der Waals surface area contributed by atoms with E-state index in [1.54, 1.807) is 0 Å². The molecule has 1 aromatic rings. The van der Waals surface area contributed by atoms with E-state index < -0.39 is 0 Å². The maximum absolute atomic E-state index is 4.57. The summed E-state index contributed by atoms with van der Waals surface area (Å²) in [5.41, 5.74) is 5.80. The van der Waals surface area contributed by atoms with Gasteiger partial charge in [0.25, 0.3) is 0 Å². The highest BCUT2D eigenvalue weighted by molar-refractivity contribution is 7.42. The third-order valence-electron chi connectivity index (χ3n) is 5.39. The lowest BCUT2D eigenvalue weighted by Gasteiger charge is -2.26. The van der Waals surface area contributed by atoms with Gasteiger partial charge in [-0.3, -0.25) is 0 Å². The molecule has 154 valence electrons. The van der Waals surface area contributed by atoms with Gasteiger partial charge in [-0.25, -0.2) is 0 Å². The van der Waals surface area contributed by atoms with Crippen molar-refractivity contribution in [1.29, 1.82) is 0 Å². The van der Waals surface area contributed by atoms with Crippen LogP contribution in [0.1, 0.15) is 58.1 Å². The Morgan fingerprint density at radius 3 is 2.66 bits per heavy atom. The second kappa shape index (κ2) is 12.6. The van der Waals surface area contributed by atoms with Crippen LogP contribution in [0, 0.1) is 11.8 Å². The Hall–Kier alpha value is -1.91. The Labute approximate surface area is 180 Å². The highest BCUT2D eigenvalue weighted by Gasteiger charge is 2.21. The Morgan fingerprint density at radius 1 is 1.21 bits per heavy atom. The van der Waals surface area contributed by atoms with Crippen LogP contribution in [-0.4, -0.2) is 5.66 Å². The highest BCUT2D eigenvalue weighted by atomic mass is 31.1. The summed E-state index contributed by atoms with van der Waals surface area (Å²) in [6.07, 6.45) is 21.4. The molecule has 1 aliphatic carbocycles. The van der Waals surface area contributed by atoms with Gasteiger partial charge in [-0.05, 0) is 72.9 Å². The molecule has 0 aliphatic heterocycles. The van der Waals surface area contributed by atoms with Crippen LogP contribution in [0.4, 0.5) is 0 Å². The van der Waals surface area contributed by atoms with Crippen molar-refractivity contribution >= 4 is 20.2 Å². The van der Waals surface area contributed by atoms with E-state index in [1.807, 2.05) is 0 Å². The maximum atomic E-state index is 4.57. The molecule has 0 fully saturated rings. The average molecular weight is 405 g/mol. The fourth-order valence-electron chi connectivity index (χ4n) is 3.88. The van der Waals surface area contributed by atoms with Crippen molar-refractivity contribution in [2.24, 2.45) is 11.8 Å². The molecule has 0 aromatic heterocycles. The lowest BCUT2D eigenvalue weighted by molar-refractivity contribution is 0.475. The van der Waals surface area contributed by atoms with Crippen molar-refractivity contribution in [3.8, 4) is 0 Å². The van der Waals surface area contributed by atoms with Crippen molar-refractivity contribution < 1.29 is 0 Å². The summed E-state index contributed by atoms with van der Waals surface area (Å²) in [5.74, 6) is 3.42. The summed E-state index contributed by atoms with van der Waals surface area (Å²) in [4.78, 5) is 0. The average Bonchev–Trinajstić information content (AvgIpc) is 2.73. The van der Waals surface area contributed by atoms with Gasteiger partial charge in [-0.15, -0.1) is 0 Å². The van der Waals surface area contributed by atoms with Gasteiger partial charge in [0.2, 0.25) is 0 Å². The number of allylic oxidation sites excluding steroid dienone is 9. The van der Waals surface area contributed by atoms with Gasteiger partial charge in [0.1, 0.15) is 0 Å². The summed E-state index contributed by atoms with van der Waals surface area (Å²) in [5, 5.41) is 0. The first-order valence-corrected chi connectivity index (χ1v) is 12.0. The van der Waals surface area contributed by atoms with E-state index in [9.17, 15) is 0 Å². The van der Waals surface area contributed by atoms with E-state index in [1.165, 1.54) is 22.3 Å². The second-order valence-corrected chi connectivity index (χ2v) is 9.83. The Balaban J connectivity index is 2.28. The SMILES string of the molecule is C=C(/C(=C/C)C(CC=CC)CC1C=CC=CC1)c1ccccc1/C=C\PC(C)C. The molecule has 2 rings (SSSR count). The lowest BCUT2D eigenvalue weighted by Crippen LogP contribution is -2.12. The maximum Gasteiger partial charge on any atom is -0.0115 e. The number of rotatable bonds is 10. The van der Waals surface area contributed by atoms with Gasteiger partial charge < -0.3 is 0 Å². The fourth-order valence-corrected chi connectivity index (χ4v) is 4.54. The molecule has 3 unspecified atom stereocenters. The van der Waals surface area contributed by atoms with E-state index in [0.717, 1.165) is 27.8 Å². The lowest BCUT2D eigenvalue weighted by atomic mass is 9.79. The van der Waals surface area contributed by atoms with Crippen LogP contribution in [-0.2, 0) is 0 Å². The molecule has 1 aromatic carbocycles. The third kappa shape index (κ3) is 7.45. The van der Waals surface area contributed by atoms with Crippen molar-refractivity contribution in [2.75, 3.05) is 0 Å². The fraction of sp³-hybridized carbons (Fsp3) is 0.357. The van der Waals surface area contributed by atoms with Gasteiger partial charge in [-0.1, -0.05) is 108 Å². The number of hydrogen-bond donors (Lipinski definition) is 0. The Morgan fingerprint density at radius 2 is 2.00 bits per heavy atom. The zero-order chi connectivity index (χ0) is 21.1. The highest BCUT2D eigenvalue weighted by Crippen LogP contribution is 2.37. The number of benzene rings is 1. The molecular formula is C28H37P. The van der Waals surface area contributed by atoms with Crippen LogP contribution in [0.5, 0.6) is 0 Å². The van der Waals surface area contributed by atoms with E-state index in [-0.39, 0.29) is 0 Å². The van der Waals surface area contributed by atoms with Gasteiger partial charge in [0.15, 0.2) is 0 Å². The topological polar surface area (TPSA) is 0 Å². The normalized spacial score (nSPS) is 18.7. The molecule has 1 heteroatoms. The molecule has 0 saturated heterocycles. The predicted octanol–water partition coefficient (Wildman–Crippen LogP) is 8.81. The van der Waals surface area contributed by atoms with Crippen LogP contribution in [0.25, 0.3) is 11.6 Å². The van der Waals surface area contributed by atoms with Crippen LogP contribution >= 0.6 is 8.58 Å². The molecule has 0 heterocycles. The van der Waals surface area contributed by atoms with Crippen LogP contribution in [0.2, 0.25) is 0 Å². The second-order valence-electron chi connectivity index (χ2n) is 8.01. The molecule has 0 amide bonds. The van der Waals surface area contributed by atoms with Crippen molar-refractivity contribution in [1.82, 2.24) is 0 Å². The first-order chi connectivity index (χ1) is 14.1. The minimum absolute atomic E-state index is 0.486. The van der Waals surface area contributed by atoms with Gasteiger partial charge in [0.05, 0.1) is 0 Å². The Bertz CT molecular complexity index is 801. The molecule has 0 N–H and O–H groups in total. The quantitative estimate of drug-likeness (QED) is 0.208. The minimum atomic E-state index is 0.486. The van der Waals surface area contributed by atoms with Crippen LogP contribution in [0.3, 0.4) is 0 Å². The molecule has 29 heavy (non-hydrogen) atoms.